The molecule has 0 aliphatic heterocycles. The summed E-state index contributed by atoms with van der Waals surface area (Å²) in [5.74, 6) is 0.722. The van der Waals surface area contributed by atoms with E-state index < -0.39 is 0 Å². The predicted octanol–water partition coefficient (Wildman–Crippen LogP) is 5.94. The molecule has 1 aromatic heterocycles. The average Bonchev–Trinajstić information content (AvgIpc) is 2.85. The first-order valence-corrected chi connectivity index (χ1v) is 10.0. The zero-order valence-electron chi connectivity index (χ0n) is 17.2. The first kappa shape index (κ1) is 20.3. The number of benzene rings is 3. The second kappa shape index (κ2) is 9.71. The van der Waals surface area contributed by atoms with Crippen LogP contribution < -0.4 is 4.74 Å². The van der Waals surface area contributed by atoms with Crippen LogP contribution in [0.2, 0.25) is 0 Å². The van der Waals surface area contributed by atoms with E-state index in [0.29, 0.717) is 12.2 Å². The SMILES string of the molecule is COc1ccccc1-c1cc(C(OCc2ccccc2)c2cccnc2)ccc1C#N. The first-order valence-electron chi connectivity index (χ1n) is 10.0. The minimum atomic E-state index is -0.324. The zero-order valence-corrected chi connectivity index (χ0v) is 17.2. The Morgan fingerprint density at radius 1 is 0.871 bits per heavy atom. The summed E-state index contributed by atoms with van der Waals surface area (Å²) in [6, 6.07) is 29.8. The fourth-order valence-corrected chi connectivity index (χ4v) is 3.58. The second-order valence-electron chi connectivity index (χ2n) is 7.08. The van der Waals surface area contributed by atoms with Crippen LogP contribution in [0.25, 0.3) is 11.1 Å². The molecule has 0 saturated carbocycles. The smallest absolute Gasteiger partial charge is 0.126 e. The molecule has 0 bridgehead atoms. The van der Waals surface area contributed by atoms with E-state index in [9.17, 15) is 5.26 Å². The summed E-state index contributed by atoms with van der Waals surface area (Å²) in [6.45, 7) is 0.463. The van der Waals surface area contributed by atoms with Crippen molar-refractivity contribution in [2.75, 3.05) is 7.11 Å². The Kier molecular flexibility index (Phi) is 6.37. The van der Waals surface area contributed by atoms with E-state index in [-0.39, 0.29) is 6.10 Å². The minimum Gasteiger partial charge on any atom is -0.496 e. The topological polar surface area (TPSA) is 55.1 Å². The number of pyridine rings is 1. The minimum absolute atomic E-state index is 0.324. The first-order chi connectivity index (χ1) is 15.3. The van der Waals surface area contributed by atoms with Gasteiger partial charge in [-0.05, 0) is 35.4 Å². The monoisotopic (exact) mass is 406 g/mol. The summed E-state index contributed by atoms with van der Waals surface area (Å²) in [7, 11) is 1.64. The quantitative estimate of drug-likeness (QED) is 0.381. The van der Waals surface area contributed by atoms with Gasteiger partial charge in [-0.15, -0.1) is 0 Å². The lowest BCUT2D eigenvalue weighted by molar-refractivity contribution is 0.0665. The van der Waals surface area contributed by atoms with Crippen LogP contribution in [0.3, 0.4) is 0 Å². The van der Waals surface area contributed by atoms with E-state index in [4.69, 9.17) is 9.47 Å². The van der Waals surface area contributed by atoms with Crippen LogP contribution in [0, 0.1) is 11.3 Å². The van der Waals surface area contributed by atoms with E-state index in [2.05, 4.69) is 11.1 Å². The molecule has 0 saturated heterocycles. The van der Waals surface area contributed by atoms with E-state index in [1.54, 1.807) is 13.3 Å². The lowest BCUT2D eigenvalue weighted by Gasteiger charge is -2.20. The van der Waals surface area contributed by atoms with E-state index >= 15 is 0 Å². The molecule has 152 valence electrons. The summed E-state index contributed by atoms with van der Waals surface area (Å²) >= 11 is 0. The number of hydrogen-bond donors (Lipinski definition) is 0. The molecule has 31 heavy (non-hydrogen) atoms. The van der Waals surface area contributed by atoms with Crippen LogP contribution in [-0.4, -0.2) is 12.1 Å². The number of nitriles is 1. The molecule has 4 aromatic rings. The van der Waals surface area contributed by atoms with Gasteiger partial charge < -0.3 is 9.47 Å². The number of methoxy groups -OCH3 is 1. The summed E-state index contributed by atoms with van der Waals surface area (Å²) in [5, 5.41) is 9.71. The lowest BCUT2D eigenvalue weighted by Crippen LogP contribution is -2.07. The molecule has 0 aliphatic carbocycles. The lowest BCUT2D eigenvalue weighted by atomic mass is 9.93. The molecule has 1 heterocycles. The average molecular weight is 406 g/mol. The molecule has 0 amide bonds. The Labute approximate surface area is 182 Å². The van der Waals surface area contributed by atoms with Crippen LogP contribution in [0.5, 0.6) is 5.75 Å². The van der Waals surface area contributed by atoms with Gasteiger partial charge in [0.15, 0.2) is 0 Å². The Morgan fingerprint density at radius 3 is 2.42 bits per heavy atom. The van der Waals surface area contributed by atoms with Crippen LogP contribution >= 0.6 is 0 Å². The van der Waals surface area contributed by atoms with Gasteiger partial charge in [0, 0.05) is 29.1 Å². The molecule has 0 fully saturated rings. The molecule has 1 unspecified atom stereocenters. The summed E-state index contributed by atoms with van der Waals surface area (Å²) in [6.07, 6.45) is 3.24. The molecule has 3 aromatic carbocycles. The van der Waals surface area contributed by atoms with E-state index in [1.807, 2.05) is 91.1 Å². The highest BCUT2D eigenvalue weighted by Gasteiger charge is 2.19. The molecular weight excluding hydrogens is 384 g/mol. The maximum Gasteiger partial charge on any atom is 0.126 e. The number of rotatable bonds is 7. The molecule has 0 radical (unpaired) electrons. The van der Waals surface area contributed by atoms with Crippen LogP contribution in [0.1, 0.15) is 28.4 Å². The van der Waals surface area contributed by atoms with Crippen molar-refractivity contribution in [3.05, 3.63) is 120 Å². The number of ether oxygens (including phenoxy) is 2. The normalized spacial score (nSPS) is 11.5. The molecule has 0 spiro atoms. The predicted molar refractivity (Wildman–Crippen MR) is 120 cm³/mol. The van der Waals surface area contributed by atoms with Crippen molar-refractivity contribution < 1.29 is 9.47 Å². The van der Waals surface area contributed by atoms with Crippen molar-refractivity contribution in [1.29, 1.82) is 5.26 Å². The highest BCUT2D eigenvalue weighted by molar-refractivity contribution is 5.76. The summed E-state index contributed by atoms with van der Waals surface area (Å²) < 4.78 is 11.9. The van der Waals surface area contributed by atoms with Crippen molar-refractivity contribution in [3.8, 4) is 22.9 Å². The molecule has 1 atom stereocenters. The number of hydrogen-bond acceptors (Lipinski definition) is 4. The van der Waals surface area contributed by atoms with Gasteiger partial charge in [0.2, 0.25) is 0 Å². The van der Waals surface area contributed by atoms with Gasteiger partial charge in [0.1, 0.15) is 11.9 Å². The third kappa shape index (κ3) is 4.63. The molecular formula is C27H22N2O2. The Hall–Kier alpha value is -3.94. The van der Waals surface area contributed by atoms with Crippen molar-refractivity contribution in [2.24, 2.45) is 0 Å². The Balaban J connectivity index is 1.77. The molecule has 4 heteroatoms. The fraction of sp³-hybridized carbons (Fsp3) is 0.111. The van der Waals surface area contributed by atoms with Crippen LogP contribution in [0.15, 0.2) is 97.3 Å². The van der Waals surface area contributed by atoms with Gasteiger partial charge in [0.25, 0.3) is 0 Å². The third-order valence-electron chi connectivity index (χ3n) is 5.11. The van der Waals surface area contributed by atoms with E-state index in [1.165, 1.54) is 0 Å². The Bertz CT molecular complexity index is 1180. The summed E-state index contributed by atoms with van der Waals surface area (Å²) in [5.41, 5.74) is 5.26. The maximum absolute atomic E-state index is 9.71. The van der Waals surface area contributed by atoms with Gasteiger partial charge in [-0.1, -0.05) is 60.7 Å². The van der Waals surface area contributed by atoms with Gasteiger partial charge in [-0.2, -0.15) is 5.26 Å². The van der Waals surface area contributed by atoms with E-state index in [0.717, 1.165) is 33.6 Å². The van der Waals surface area contributed by atoms with Crippen LogP contribution in [-0.2, 0) is 11.3 Å². The van der Waals surface area contributed by atoms with Crippen molar-refractivity contribution in [1.82, 2.24) is 4.98 Å². The second-order valence-corrected chi connectivity index (χ2v) is 7.08. The fourth-order valence-electron chi connectivity index (χ4n) is 3.58. The standard InChI is InChI=1S/C27H22N2O2/c1-30-26-12-6-5-11-24(26)25-16-21(13-14-22(25)17-28)27(23-10-7-15-29-18-23)31-19-20-8-3-2-4-9-20/h2-16,18,27H,19H2,1H3. The molecule has 0 aliphatic rings. The molecule has 4 rings (SSSR count). The third-order valence-corrected chi connectivity index (χ3v) is 5.11. The van der Waals surface area contributed by atoms with Crippen molar-refractivity contribution >= 4 is 0 Å². The van der Waals surface area contributed by atoms with Gasteiger partial charge in [-0.3, -0.25) is 4.98 Å². The van der Waals surface area contributed by atoms with Gasteiger partial charge >= 0.3 is 0 Å². The van der Waals surface area contributed by atoms with Gasteiger partial charge in [0.05, 0.1) is 25.3 Å². The van der Waals surface area contributed by atoms with Crippen LogP contribution in [0.4, 0.5) is 0 Å². The number of nitrogens with zero attached hydrogens (tertiary/aromatic N) is 2. The number of para-hydroxylation sites is 1. The van der Waals surface area contributed by atoms with Crippen molar-refractivity contribution in [3.63, 3.8) is 0 Å². The highest BCUT2D eigenvalue weighted by Crippen LogP contribution is 2.36. The molecule has 0 N–H and O–H groups in total. The van der Waals surface area contributed by atoms with Gasteiger partial charge in [-0.25, -0.2) is 0 Å². The molecule has 4 nitrogen and oxygen atoms in total. The largest absolute Gasteiger partial charge is 0.496 e. The highest BCUT2D eigenvalue weighted by atomic mass is 16.5. The number of aromatic nitrogens is 1. The Morgan fingerprint density at radius 2 is 1.68 bits per heavy atom. The zero-order chi connectivity index (χ0) is 21.5. The van der Waals surface area contributed by atoms with Crippen molar-refractivity contribution in [2.45, 2.75) is 12.7 Å². The maximum atomic E-state index is 9.71. The summed E-state index contributed by atoms with van der Waals surface area (Å²) in [4.78, 5) is 4.28.